The zero-order valence-electron chi connectivity index (χ0n) is 10.9. The molecule has 1 atom stereocenters. The van der Waals surface area contributed by atoms with Gasteiger partial charge in [-0.25, -0.2) is 8.78 Å². The van der Waals surface area contributed by atoms with Crippen LogP contribution in [-0.2, 0) is 0 Å². The lowest BCUT2D eigenvalue weighted by atomic mass is 9.82. The van der Waals surface area contributed by atoms with Gasteiger partial charge in [0.15, 0.2) is 5.78 Å². The average Bonchev–Trinajstić information content (AvgIpc) is 2.31. The number of aryl methyl sites for hydroxylation is 1. The van der Waals surface area contributed by atoms with Crippen LogP contribution in [-0.4, -0.2) is 11.7 Å². The lowest BCUT2D eigenvalue weighted by Crippen LogP contribution is -2.27. The van der Waals surface area contributed by atoms with Gasteiger partial charge in [0.25, 0.3) is 0 Å². The fourth-order valence-electron chi connectivity index (χ4n) is 2.68. The maximum Gasteiger partial charge on any atom is 0.248 e. The molecule has 1 fully saturated rings. The second-order valence-electron chi connectivity index (χ2n) is 5.38. The van der Waals surface area contributed by atoms with E-state index in [1.54, 1.807) is 12.1 Å². The van der Waals surface area contributed by atoms with E-state index in [-0.39, 0.29) is 31.0 Å². The Hall–Kier alpha value is -0.960. The highest BCUT2D eigenvalue weighted by Crippen LogP contribution is 2.38. The van der Waals surface area contributed by atoms with Crippen molar-refractivity contribution in [2.24, 2.45) is 5.92 Å². The van der Waals surface area contributed by atoms with Crippen LogP contribution in [0.15, 0.2) is 18.2 Å². The van der Waals surface area contributed by atoms with Gasteiger partial charge in [-0.2, -0.15) is 0 Å². The van der Waals surface area contributed by atoms with E-state index < -0.39 is 5.92 Å². The molecule has 0 spiro atoms. The van der Waals surface area contributed by atoms with Gasteiger partial charge in [-0.3, -0.25) is 4.79 Å². The van der Waals surface area contributed by atoms with Crippen molar-refractivity contribution in [3.63, 3.8) is 0 Å². The maximum atomic E-state index is 13.3. The predicted octanol–water partition coefficient (Wildman–Crippen LogP) is 5.05. The van der Waals surface area contributed by atoms with Gasteiger partial charge in [-0.05, 0) is 37.3 Å². The van der Waals surface area contributed by atoms with Crippen molar-refractivity contribution < 1.29 is 13.6 Å². The van der Waals surface area contributed by atoms with E-state index in [0.717, 1.165) is 5.56 Å². The smallest absolute Gasteiger partial charge is 0.248 e. The molecule has 0 heterocycles. The Bertz CT molecular complexity index is 485. The summed E-state index contributed by atoms with van der Waals surface area (Å²) in [4.78, 5) is 12.2. The molecule has 0 bridgehead atoms. The summed E-state index contributed by atoms with van der Waals surface area (Å²) < 4.78 is 26.6. The molecule has 1 aromatic rings. The summed E-state index contributed by atoms with van der Waals surface area (Å²) in [5, 5.41) is 0.440. The molecular weight excluding hydrogens is 270 g/mol. The molecule has 1 aliphatic carbocycles. The number of benzene rings is 1. The van der Waals surface area contributed by atoms with Gasteiger partial charge < -0.3 is 0 Å². The summed E-state index contributed by atoms with van der Waals surface area (Å²) in [5.41, 5.74) is 1.29. The van der Waals surface area contributed by atoms with Crippen LogP contribution in [0.5, 0.6) is 0 Å². The minimum Gasteiger partial charge on any atom is -0.294 e. The molecule has 4 heteroatoms. The summed E-state index contributed by atoms with van der Waals surface area (Å²) in [6.07, 6.45) is 1.13. The first-order valence-corrected chi connectivity index (χ1v) is 6.93. The second kappa shape index (κ2) is 5.58. The van der Waals surface area contributed by atoms with Crippen molar-refractivity contribution in [2.75, 3.05) is 0 Å². The molecule has 0 amide bonds. The summed E-state index contributed by atoms with van der Waals surface area (Å²) in [6, 6.07) is 5.26. The Morgan fingerprint density at radius 3 is 2.89 bits per heavy atom. The third-order valence-corrected chi connectivity index (χ3v) is 4.21. The number of carbonyl (C=O) groups excluding carboxylic acids is 1. The Morgan fingerprint density at radius 1 is 1.47 bits per heavy atom. The predicted molar refractivity (Wildman–Crippen MR) is 72.0 cm³/mol. The first-order chi connectivity index (χ1) is 8.89. The van der Waals surface area contributed by atoms with Crippen LogP contribution in [0.1, 0.15) is 48.0 Å². The molecule has 1 aromatic carbocycles. The molecule has 2 rings (SSSR count). The molecule has 0 radical (unpaired) electrons. The van der Waals surface area contributed by atoms with Crippen molar-refractivity contribution in [3.8, 4) is 0 Å². The van der Waals surface area contributed by atoms with E-state index in [1.165, 1.54) is 0 Å². The van der Waals surface area contributed by atoms with Crippen molar-refractivity contribution in [3.05, 3.63) is 34.3 Å². The normalized spacial score (nSPS) is 22.2. The Kier molecular flexibility index (Phi) is 4.24. The largest absolute Gasteiger partial charge is 0.294 e. The van der Waals surface area contributed by atoms with Crippen LogP contribution in [0, 0.1) is 12.8 Å². The fourth-order valence-corrected chi connectivity index (χ4v) is 2.92. The van der Waals surface area contributed by atoms with Crippen molar-refractivity contribution in [2.45, 2.75) is 45.0 Å². The van der Waals surface area contributed by atoms with Gasteiger partial charge in [0.05, 0.1) is 5.02 Å². The van der Waals surface area contributed by atoms with Crippen LogP contribution < -0.4 is 0 Å². The van der Waals surface area contributed by atoms with E-state index in [0.29, 0.717) is 23.4 Å². The second-order valence-corrected chi connectivity index (χ2v) is 5.76. The summed E-state index contributed by atoms with van der Waals surface area (Å²) in [5.74, 6) is -2.97. The third kappa shape index (κ3) is 3.53. The molecule has 1 nitrogen and oxygen atoms in total. The molecule has 0 aliphatic heterocycles. The summed E-state index contributed by atoms with van der Waals surface area (Å²) >= 11 is 6.09. The standard InChI is InChI=1S/C15H17ClF2O/c1-10-4-2-6-12(14(10)16)13(19)8-11-5-3-7-15(17,18)9-11/h2,4,6,11H,3,5,7-9H2,1H3. The molecule has 19 heavy (non-hydrogen) atoms. The number of hydrogen-bond donors (Lipinski definition) is 0. The first kappa shape index (κ1) is 14.4. The minimum atomic E-state index is -2.61. The van der Waals surface area contributed by atoms with Crippen LogP contribution in [0.2, 0.25) is 5.02 Å². The molecule has 104 valence electrons. The van der Waals surface area contributed by atoms with Crippen molar-refractivity contribution >= 4 is 17.4 Å². The Balaban J connectivity index is 2.07. The van der Waals surface area contributed by atoms with Crippen LogP contribution in [0.25, 0.3) is 0 Å². The van der Waals surface area contributed by atoms with E-state index in [9.17, 15) is 13.6 Å². The van der Waals surface area contributed by atoms with Gasteiger partial charge in [-0.1, -0.05) is 23.7 Å². The minimum absolute atomic E-state index is 0.0527. The van der Waals surface area contributed by atoms with Crippen LogP contribution in [0.3, 0.4) is 0 Å². The fraction of sp³-hybridized carbons (Fsp3) is 0.533. The molecule has 1 aliphatic rings. The third-order valence-electron chi connectivity index (χ3n) is 3.71. The molecule has 1 unspecified atom stereocenters. The summed E-state index contributed by atoms with van der Waals surface area (Å²) in [7, 11) is 0. The van der Waals surface area contributed by atoms with Gasteiger partial charge >= 0.3 is 0 Å². The number of carbonyl (C=O) groups is 1. The molecule has 1 saturated carbocycles. The molecular formula is C15H17ClF2O. The number of rotatable bonds is 3. The van der Waals surface area contributed by atoms with E-state index in [4.69, 9.17) is 11.6 Å². The quantitative estimate of drug-likeness (QED) is 0.711. The highest BCUT2D eigenvalue weighted by Gasteiger charge is 2.37. The maximum absolute atomic E-state index is 13.3. The van der Waals surface area contributed by atoms with Gasteiger partial charge in [0, 0.05) is 24.8 Å². The summed E-state index contributed by atoms with van der Waals surface area (Å²) in [6.45, 7) is 1.83. The number of ketones is 1. The van der Waals surface area contributed by atoms with E-state index in [1.807, 2.05) is 13.0 Å². The highest BCUT2D eigenvalue weighted by molar-refractivity contribution is 6.34. The van der Waals surface area contributed by atoms with Gasteiger partial charge in [-0.15, -0.1) is 0 Å². The zero-order valence-corrected chi connectivity index (χ0v) is 11.6. The number of hydrogen-bond acceptors (Lipinski definition) is 1. The Morgan fingerprint density at radius 2 is 2.21 bits per heavy atom. The first-order valence-electron chi connectivity index (χ1n) is 6.55. The molecule has 0 N–H and O–H groups in total. The Labute approximate surface area is 117 Å². The topological polar surface area (TPSA) is 17.1 Å². The van der Waals surface area contributed by atoms with Crippen LogP contribution >= 0.6 is 11.6 Å². The molecule has 0 aromatic heterocycles. The number of alkyl halides is 2. The van der Waals surface area contributed by atoms with E-state index in [2.05, 4.69) is 0 Å². The zero-order chi connectivity index (χ0) is 14.0. The van der Waals surface area contributed by atoms with Crippen molar-refractivity contribution in [1.82, 2.24) is 0 Å². The van der Waals surface area contributed by atoms with Gasteiger partial charge in [0.2, 0.25) is 5.92 Å². The number of halogens is 3. The lowest BCUT2D eigenvalue weighted by Gasteiger charge is -2.28. The van der Waals surface area contributed by atoms with E-state index >= 15 is 0 Å². The van der Waals surface area contributed by atoms with Gasteiger partial charge in [0.1, 0.15) is 0 Å². The number of Topliss-reactive ketones (excluding diaryl/α,β-unsaturated/α-hetero) is 1. The molecule has 0 saturated heterocycles. The van der Waals surface area contributed by atoms with Crippen molar-refractivity contribution in [1.29, 1.82) is 0 Å². The monoisotopic (exact) mass is 286 g/mol. The average molecular weight is 287 g/mol. The SMILES string of the molecule is Cc1cccc(C(=O)CC2CCCC(F)(F)C2)c1Cl. The lowest BCUT2D eigenvalue weighted by molar-refractivity contribution is -0.0521. The van der Waals surface area contributed by atoms with Crippen LogP contribution in [0.4, 0.5) is 8.78 Å². The highest BCUT2D eigenvalue weighted by atomic mass is 35.5.